The maximum atomic E-state index is 14.1. The van der Waals surface area contributed by atoms with Crippen molar-refractivity contribution < 1.29 is 9.13 Å². The van der Waals surface area contributed by atoms with Crippen LogP contribution in [0.2, 0.25) is 0 Å². The Kier molecular flexibility index (Phi) is 4.33. The molecular weight excluding hydrogens is 265 g/mol. The summed E-state index contributed by atoms with van der Waals surface area (Å²) in [5, 5.41) is 0. The number of benzene rings is 2. The summed E-state index contributed by atoms with van der Waals surface area (Å²) in [6.07, 6.45) is 0. The molecule has 21 heavy (non-hydrogen) atoms. The zero-order valence-electron chi connectivity index (χ0n) is 13.0. The molecule has 0 aliphatic rings. The predicted octanol–water partition coefficient (Wildman–Crippen LogP) is 4.94. The van der Waals surface area contributed by atoms with E-state index in [1.54, 1.807) is 12.1 Å². The average Bonchev–Trinajstić information content (AvgIpc) is 2.40. The predicted molar refractivity (Wildman–Crippen MR) is 84.2 cm³/mol. The van der Waals surface area contributed by atoms with Gasteiger partial charge in [-0.25, -0.2) is 4.39 Å². The van der Waals surface area contributed by atoms with E-state index in [2.05, 4.69) is 20.8 Å². The van der Waals surface area contributed by atoms with Gasteiger partial charge in [0.25, 0.3) is 0 Å². The fourth-order valence-corrected chi connectivity index (χ4v) is 2.04. The summed E-state index contributed by atoms with van der Waals surface area (Å²) in [6, 6.07) is 12.4. The fourth-order valence-electron chi connectivity index (χ4n) is 2.04. The molecule has 3 heteroatoms. The third kappa shape index (κ3) is 3.82. The minimum atomic E-state index is -0.397. The SMILES string of the molecule is CC(N)c1ccc(Oc2cccc(C(C)(C)C)c2)c(F)c1. The minimum absolute atomic E-state index is 0.0246. The lowest BCUT2D eigenvalue weighted by atomic mass is 9.87. The van der Waals surface area contributed by atoms with Crippen LogP contribution in [0, 0.1) is 5.82 Å². The largest absolute Gasteiger partial charge is 0.454 e. The summed E-state index contributed by atoms with van der Waals surface area (Å²) >= 11 is 0. The highest BCUT2D eigenvalue weighted by Crippen LogP contribution is 2.30. The molecule has 0 spiro atoms. The van der Waals surface area contributed by atoms with Crippen LogP contribution in [0.15, 0.2) is 42.5 Å². The van der Waals surface area contributed by atoms with E-state index in [-0.39, 0.29) is 17.2 Å². The maximum Gasteiger partial charge on any atom is 0.166 e. The van der Waals surface area contributed by atoms with Gasteiger partial charge < -0.3 is 10.5 Å². The Balaban J connectivity index is 2.26. The Labute approximate surface area is 125 Å². The first-order valence-corrected chi connectivity index (χ1v) is 7.11. The van der Waals surface area contributed by atoms with Gasteiger partial charge in [0.2, 0.25) is 0 Å². The van der Waals surface area contributed by atoms with Gasteiger partial charge in [-0.1, -0.05) is 39.0 Å². The Hall–Kier alpha value is -1.87. The Bertz CT molecular complexity index is 629. The maximum absolute atomic E-state index is 14.1. The Morgan fingerprint density at radius 2 is 1.81 bits per heavy atom. The number of halogens is 1. The zero-order valence-corrected chi connectivity index (χ0v) is 13.0. The van der Waals surface area contributed by atoms with E-state index in [9.17, 15) is 4.39 Å². The molecule has 0 heterocycles. The third-order valence-corrected chi connectivity index (χ3v) is 3.41. The van der Waals surface area contributed by atoms with Crippen LogP contribution in [0.3, 0.4) is 0 Å². The van der Waals surface area contributed by atoms with Crippen LogP contribution >= 0.6 is 0 Å². The average molecular weight is 287 g/mol. The molecule has 2 N–H and O–H groups in total. The van der Waals surface area contributed by atoms with E-state index in [0.29, 0.717) is 5.75 Å². The van der Waals surface area contributed by atoms with Gasteiger partial charge in [-0.05, 0) is 47.7 Å². The monoisotopic (exact) mass is 287 g/mol. The van der Waals surface area contributed by atoms with Gasteiger partial charge >= 0.3 is 0 Å². The van der Waals surface area contributed by atoms with Gasteiger partial charge in [-0.2, -0.15) is 0 Å². The molecule has 1 unspecified atom stereocenters. The first-order chi connectivity index (χ1) is 9.77. The van der Waals surface area contributed by atoms with Crippen molar-refractivity contribution in [3.63, 3.8) is 0 Å². The van der Waals surface area contributed by atoms with E-state index in [0.717, 1.165) is 11.1 Å². The van der Waals surface area contributed by atoms with Gasteiger partial charge in [-0.3, -0.25) is 0 Å². The molecule has 112 valence electrons. The topological polar surface area (TPSA) is 35.2 Å². The normalized spacial score (nSPS) is 13.0. The molecule has 0 bridgehead atoms. The molecule has 2 nitrogen and oxygen atoms in total. The van der Waals surface area contributed by atoms with Crippen LogP contribution in [-0.2, 0) is 5.41 Å². The van der Waals surface area contributed by atoms with Crippen molar-refractivity contribution in [2.75, 3.05) is 0 Å². The van der Waals surface area contributed by atoms with E-state index >= 15 is 0 Å². The standard InChI is InChI=1S/C18H22FNO/c1-12(20)13-8-9-17(16(19)10-13)21-15-7-5-6-14(11-15)18(2,3)4/h5-12H,20H2,1-4H3. The van der Waals surface area contributed by atoms with E-state index in [1.165, 1.54) is 6.07 Å². The molecular formula is C18H22FNO. The molecule has 2 aromatic rings. The van der Waals surface area contributed by atoms with Crippen molar-refractivity contribution in [3.05, 3.63) is 59.4 Å². The van der Waals surface area contributed by atoms with E-state index in [1.807, 2.05) is 31.2 Å². The first kappa shape index (κ1) is 15.5. The van der Waals surface area contributed by atoms with Crippen LogP contribution < -0.4 is 10.5 Å². The molecule has 0 aliphatic carbocycles. The fraction of sp³-hybridized carbons (Fsp3) is 0.333. The molecule has 0 aliphatic heterocycles. The summed E-state index contributed by atoms with van der Waals surface area (Å²) in [6.45, 7) is 8.21. The van der Waals surface area contributed by atoms with Gasteiger partial charge in [0.05, 0.1) is 0 Å². The minimum Gasteiger partial charge on any atom is -0.454 e. The first-order valence-electron chi connectivity index (χ1n) is 7.11. The van der Waals surface area contributed by atoms with Gasteiger partial charge in [0.1, 0.15) is 5.75 Å². The quantitative estimate of drug-likeness (QED) is 0.868. The van der Waals surface area contributed by atoms with Crippen LogP contribution in [0.25, 0.3) is 0 Å². The van der Waals surface area contributed by atoms with Crippen LogP contribution in [0.4, 0.5) is 4.39 Å². The van der Waals surface area contributed by atoms with Crippen LogP contribution in [0.1, 0.15) is 44.9 Å². The summed E-state index contributed by atoms with van der Waals surface area (Å²) in [7, 11) is 0. The molecule has 0 saturated heterocycles. The lowest BCUT2D eigenvalue weighted by Gasteiger charge is -2.19. The van der Waals surface area contributed by atoms with E-state index in [4.69, 9.17) is 10.5 Å². The molecule has 0 amide bonds. The summed E-state index contributed by atoms with van der Waals surface area (Å²) in [5.41, 5.74) is 7.67. The third-order valence-electron chi connectivity index (χ3n) is 3.41. The molecule has 1 atom stereocenters. The van der Waals surface area contributed by atoms with Crippen LogP contribution in [0.5, 0.6) is 11.5 Å². The van der Waals surface area contributed by atoms with E-state index < -0.39 is 5.82 Å². The number of hydrogen-bond acceptors (Lipinski definition) is 2. The Morgan fingerprint density at radius 3 is 2.38 bits per heavy atom. The van der Waals surface area contributed by atoms with Crippen molar-refractivity contribution in [1.82, 2.24) is 0 Å². The van der Waals surface area contributed by atoms with Gasteiger partial charge in [0.15, 0.2) is 11.6 Å². The molecule has 2 rings (SSSR count). The van der Waals surface area contributed by atoms with Crippen molar-refractivity contribution >= 4 is 0 Å². The van der Waals surface area contributed by atoms with Crippen molar-refractivity contribution in [2.24, 2.45) is 5.73 Å². The number of rotatable bonds is 3. The second-order valence-electron chi connectivity index (χ2n) is 6.36. The van der Waals surface area contributed by atoms with Gasteiger partial charge in [0, 0.05) is 6.04 Å². The van der Waals surface area contributed by atoms with Crippen molar-refractivity contribution in [2.45, 2.75) is 39.2 Å². The summed E-state index contributed by atoms with van der Waals surface area (Å²) in [4.78, 5) is 0. The molecule has 0 radical (unpaired) electrons. The van der Waals surface area contributed by atoms with Crippen molar-refractivity contribution in [3.8, 4) is 11.5 Å². The van der Waals surface area contributed by atoms with Gasteiger partial charge in [-0.15, -0.1) is 0 Å². The lowest BCUT2D eigenvalue weighted by molar-refractivity contribution is 0.439. The highest BCUT2D eigenvalue weighted by molar-refractivity contribution is 5.38. The smallest absolute Gasteiger partial charge is 0.166 e. The molecule has 0 fully saturated rings. The molecule has 2 aromatic carbocycles. The molecule has 0 aromatic heterocycles. The second kappa shape index (κ2) is 5.86. The Morgan fingerprint density at radius 1 is 1.10 bits per heavy atom. The summed E-state index contributed by atoms with van der Waals surface area (Å²) < 4.78 is 19.7. The van der Waals surface area contributed by atoms with Crippen molar-refractivity contribution in [1.29, 1.82) is 0 Å². The number of hydrogen-bond donors (Lipinski definition) is 1. The highest BCUT2D eigenvalue weighted by Gasteiger charge is 2.15. The second-order valence-corrected chi connectivity index (χ2v) is 6.36. The summed E-state index contributed by atoms with van der Waals surface area (Å²) in [5.74, 6) is 0.450. The number of nitrogens with two attached hydrogens (primary N) is 1. The highest BCUT2D eigenvalue weighted by atomic mass is 19.1. The lowest BCUT2D eigenvalue weighted by Crippen LogP contribution is -2.10. The number of ether oxygens (including phenoxy) is 1. The van der Waals surface area contributed by atoms with Crippen LogP contribution in [-0.4, -0.2) is 0 Å². The zero-order chi connectivity index (χ0) is 15.6. The molecule has 0 saturated carbocycles.